The third kappa shape index (κ3) is 7.42. The van der Waals surface area contributed by atoms with Crippen LogP contribution in [-0.2, 0) is 0 Å². The first kappa shape index (κ1) is 25.5. The van der Waals surface area contributed by atoms with Crippen molar-refractivity contribution in [1.82, 2.24) is 15.6 Å². The molecule has 2 aromatic rings. The van der Waals surface area contributed by atoms with Gasteiger partial charge in [0.1, 0.15) is 29.9 Å². The average Bonchev–Trinajstić information content (AvgIpc) is 2.78. The van der Waals surface area contributed by atoms with E-state index in [2.05, 4.69) is 15.6 Å². The third-order valence-electron chi connectivity index (χ3n) is 4.12. The number of amides is 2. The summed E-state index contributed by atoms with van der Waals surface area (Å²) in [6, 6.07) is 5.15. The van der Waals surface area contributed by atoms with E-state index in [9.17, 15) is 18.4 Å². The van der Waals surface area contributed by atoms with Gasteiger partial charge < -0.3 is 20.5 Å². The number of ether oxygens (including phenoxy) is 2. The van der Waals surface area contributed by atoms with Crippen LogP contribution in [0.25, 0.3) is 0 Å². The van der Waals surface area contributed by atoms with Crippen molar-refractivity contribution in [3.05, 3.63) is 58.4 Å². The van der Waals surface area contributed by atoms with Gasteiger partial charge in [0.2, 0.25) is 11.8 Å². The number of nitrogens with zero attached hydrogens (tertiary/aromatic N) is 1. The molecular weight excluding hydrogens is 460 g/mol. The first-order valence-electron chi connectivity index (χ1n) is 9.53. The molecule has 9 nitrogen and oxygen atoms in total. The minimum absolute atomic E-state index is 0.0160. The van der Waals surface area contributed by atoms with Gasteiger partial charge in [-0.15, -0.1) is 0 Å². The molecule has 0 saturated carbocycles. The average molecular weight is 483 g/mol. The molecule has 0 fully saturated rings. The van der Waals surface area contributed by atoms with Crippen LogP contribution in [0, 0.1) is 0 Å². The number of nitrogens with two attached hydrogens (primary N) is 2. The van der Waals surface area contributed by atoms with Crippen molar-refractivity contribution in [3.8, 4) is 17.4 Å². The van der Waals surface area contributed by atoms with E-state index in [-0.39, 0.29) is 39.4 Å². The van der Waals surface area contributed by atoms with Gasteiger partial charge in [0, 0.05) is 31.1 Å². The Morgan fingerprint density at radius 3 is 2.45 bits per heavy atom. The maximum absolute atomic E-state index is 13.0. The van der Waals surface area contributed by atoms with Gasteiger partial charge in [-0.25, -0.2) is 23.9 Å². The number of pyridine rings is 1. The maximum atomic E-state index is 13.0. The number of hydrogen-bond acceptors (Lipinski definition) is 6. The molecule has 0 aliphatic heterocycles. The zero-order chi connectivity index (χ0) is 24.5. The van der Waals surface area contributed by atoms with Crippen molar-refractivity contribution in [3.63, 3.8) is 0 Å². The molecule has 1 aromatic heterocycles. The summed E-state index contributed by atoms with van der Waals surface area (Å²) in [6.45, 7) is -0.423. The monoisotopic (exact) mass is 482 g/mol. The van der Waals surface area contributed by atoms with E-state index >= 15 is 0 Å². The molecule has 0 unspecified atom stereocenters. The number of aromatic nitrogens is 1. The molecule has 2 rings (SSSR count). The second kappa shape index (κ2) is 11.8. The Labute approximate surface area is 193 Å². The summed E-state index contributed by atoms with van der Waals surface area (Å²) >= 11 is 6.09. The highest BCUT2D eigenvalue weighted by molar-refractivity contribution is 6.32. The van der Waals surface area contributed by atoms with Crippen molar-refractivity contribution in [1.29, 1.82) is 0 Å². The largest absolute Gasteiger partial charge is 0.485 e. The van der Waals surface area contributed by atoms with Gasteiger partial charge >= 0.3 is 5.91 Å². The van der Waals surface area contributed by atoms with Crippen LogP contribution in [-0.4, -0.2) is 49.1 Å². The Morgan fingerprint density at radius 1 is 1.21 bits per heavy atom. The highest BCUT2D eigenvalue weighted by Gasteiger charge is 2.19. The van der Waals surface area contributed by atoms with E-state index in [0.29, 0.717) is 5.70 Å². The molecule has 0 aliphatic rings. The summed E-state index contributed by atoms with van der Waals surface area (Å²) in [6.07, 6.45) is 1.29. The van der Waals surface area contributed by atoms with Crippen molar-refractivity contribution in [2.24, 2.45) is 5.73 Å². The predicted molar refractivity (Wildman–Crippen MR) is 118 cm³/mol. The second-order valence-electron chi connectivity index (χ2n) is 6.71. The highest BCUT2D eigenvalue weighted by Crippen LogP contribution is 2.31. The van der Waals surface area contributed by atoms with Crippen LogP contribution >= 0.6 is 11.6 Å². The smallest absolute Gasteiger partial charge is 0.339 e. The third-order valence-corrected chi connectivity index (χ3v) is 4.39. The lowest BCUT2D eigenvalue weighted by Gasteiger charge is -2.15. The van der Waals surface area contributed by atoms with Crippen LogP contribution in [0.5, 0.6) is 17.4 Å². The van der Waals surface area contributed by atoms with E-state index < -0.39 is 31.3 Å². The molecule has 0 aliphatic carbocycles. The highest BCUT2D eigenvalue weighted by atomic mass is 35.5. The normalized spacial score (nSPS) is 11.2. The molecule has 0 atom stereocenters. The Morgan fingerprint density at radius 2 is 1.88 bits per heavy atom. The number of halogens is 3. The number of allylic oxidation sites excluding steroid dienone is 1. The van der Waals surface area contributed by atoms with Gasteiger partial charge in [-0.3, -0.25) is 10.2 Å². The van der Waals surface area contributed by atoms with E-state index in [1.165, 1.54) is 30.3 Å². The van der Waals surface area contributed by atoms with E-state index in [1.807, 2.05) is 0 Å². The van der Waals surface area contributed by atoms with E-state index in [0.717, 1.165) is 6.20 Å². The Kier molecular flexibility index (Phi) is 9.10. The minimum atomic E-state index is -1.37. The molecule has 0 saturated heterocycles. The van der Waals surface area contributed by atoms with Gasteiger partial charge in [-0.2, -0.15) is 0 Å². The van der Waals surface area contributed by atoms with Crippen molar-refractivity contribution >= 4 is 29.3 Å². The number of carbonyl (C=O) groups excluding carboxylic acids is 2. The number of nitrogens with one attached hydrogen (secondary N) is 2. The van der Waals surface area contributed by atoms with E-state index in [4.69, 9.17) is 32.2 Å². The number of rotatable bonds is 10. The molecule has 1 aromatic carbocycles. The Bertz CT molecular complexity index is 1080. The summed E-state index contributed by atoms with van der Waals surface area (Å²) in [5.74, 6) is -1.43. The lowest BCUT2D eigenvalue weighted by molar-refractivity contribution is -0.115. The number of primary amides is 1. The fourth-order valence-electron chi connectivity index (χ4n) is 2.42. The SMILES string of the molecule is CN/C(C)=C\C(=[NH2+])NC(=O)c1cc(Oc2ncc(C(N)=O)cc2Cl)cc(OC(CF)CF)c1. The van der Waals surface area contributed by atoms with Gasteiger partial charge in [0.15, 0.2) is 6.10 Å². The zero-order valence-corrected chi connectivity index (χ0v) is 18.6. The Balaban J connectivity index is 2.38. The summed E-state index contributed by atoms with van der Waals surface area (Å²) in [4.78, 5) is 27.9. The molecule has 6 N–H and O–H groups in total. The number of alkyl halides is 2. The quantitative estimate of drug-likeness (QED) is 0.297. The molecule has 0 radical (unpaired) electrons. The molecule has 1 heterocycles. The first-order valence-corrected chi connectivity index (χ1v) is 9.91. The molecule has 33 heavy (non-hydrogen) atoms. The minimum Gasteiger partial charge on any atom is -0.485 e. The van der Waals surface area contributed by atoms with Crippen LogP contribution in [0.2, 0.25) is 5.02 Å². The van der Waals surface area contributed by atoms with Crippen molar-refractivity contribution in [2.75, 3.05) is 20.4 Å². The number of hydrogen-bond donors (Lipinski definition) is 4. The molecule has 0 spiro atoms. The second-order valence-corrected chi connectivity index (χ2v) is 7.11. The summed E-state index contributed by atoms with van der Waals surface area (Å²) in [5, 5.41) is 11.1. The van der Waals surface area contributed by atoms with Gasteiger partial charge in [-0.1, -0.05) is 11.6 Å². The van der Waals surface area contributed by atoms with Gasteiger partial charge in [0.25, 0.3) is 5.84 Å². The molecule has 2 amide bonds. The first-order chi connectivity index (χ1) is 15.7. The number of amidine groups is 1. The Hall–Kier alpha value is -3.73. The molecule has 12 heteroatoms. The fourth-order valence-corrected chi connectivity index (χ4v) is 2.62. The predicted octanol–water partition coefficient (Wildman–Crippen LogP) is 1.32. The van der Waals surface area contributed by atoms with Crippen LogP contribution in [0.1, 0.15) is 27.6 Å². The van der Waals surface area contributed by atoms with Crippen LogP contribution in [0.3, 0.4) is 0 Å². The molecule has 176 valence electrons. The lowest BCUT2D eigenvalue weighted by atomic mass is 10.1. The number of carbonyl (C=O) groups is 2. The van der Waals surface area contributed by atoms with Crippen molar-refractivity contribution < 1.29 is 33.3 Å². The van der Waals surface area contributed by atoms with Crippen LogP contribution < -0.4 is 31.3 Å². The summed E-state index contributed by atoms with van der Waals surface area (Å²) < 4.78 is 36.8. The summed E-state index contributed by atoms with van der Waals surface area (Å²) in [5.41, 5.74) is 5.97. The standard InChI is InChI=1S/C21H22ClF2N5O4/c1-11(27-2)3-18(25)29-20(31)12-4-14(32-16(8-23)9-24)7-15(5-12)33-21-17(22)6-13(10-28-21)19(26)30/h3-7,10,16,27H,8-9H2,1-2H3,(H2,26,30)(H2,25,29,31)/p+1/b11-3-. The zero-order valence-electron chi connectivity index (χ0n) is 17.8. The van der Waals surface area contributed by atoms with Crippen LogP contribution in [0.15, 0.2) is 42.2 Å². The van der Waals surface area contributed by atoms with Gasteiger partial charge in [0.05, 0.1) is 11.1 Å². The number of benzene rings is 1. The molecule has 0 bridgehead atoms. The lowest BCUT2D eigenvalue weighted by Crippen LogP contribution is -2.50. The summed E-state index contributed by atoms with van der Waals surface area (Å²) in [7, 11) is 1.69. The van der Waals surface area contributed by atoms with Crippen LogP contribution in [0.4, 0.5) is 8.78 Å². The van der Waals surface area contributed by atoms with Gasteiger partial charge in [-0.05, 0) is 25.1 Å². The topological polar surface area (TPSA) is 141 Å². The maximum Gasteiger partial charge on any atom is 0.339 e. The molecular formula is C21H23ClF2N5O4+. The van der Waals surface area contributed by atoms with E-state index in [1.54, 1.807) is 14.0 Å². The fraction of sp³-hybridized carbons (Fsp3) is 0.238. The van der Waals surface area contributed by atoms with Crippen molar-refractivity contribution in [2.45, 2.75) is 13.0 Å².